The molecule has 0 unspecified atom stereocenters. The lowest BCUT2D eigenvalue weighted by Gasteiger charge is -2.32. The molecule has 6 rings (SSSR count). The van der Waals surface area contributed by atoms with Crippen LogP contribution in [-0.4, -0.2) is 59.6 Å². The van der Waals surface area contributed by atoms with Crippen LogP contribution in [0.5, 0.6) is 11.5 Å². The predicted octanol–water partition coefficient (Wildman–Crippen LogP) is 4.83. The maximum absolute atomic E-state index is 13.6. The van der Waals surface area contributed by atoms with Crippen molar-refractivity contribution in [3.8, 4) is 11.5 Å². The van der Waals surface area contributed by atoms with Gasteiger partial charge < -0.3 is 29.6 Å². The molecule has 2 aliphatic heterocycles. The number of hydrogen-bond acceptors (Lipinski definition) is 7. The van der Waals surface area contributed by atoms with E-state index in [1.54, 1.807) is 40.5 Å². The van der Waals surface area contributed by atoms with Gasteiger partial charge in [0, 0.05) is 16.5 Å². The number of likely N-dealkylation sites (tertiary alicyclic amines) is 1. The van der Waals surface area contributed by atoms with Gasteiger partial charge in [-0.15, -0.1) is 11.3 Å². The van der Waals surface area contributed by atoms with E-state index in [4.69, 9.17) is 14.0 Å². The first-order chi connectivity index (χ1) is 21.3. The van der Waals surface area contributed by atoms with E-state index in [0.29, 0.717) is 23.5 Å². The van der Waals surface area contributed by atoms with Crippen LogP contribution in [-0.2, 0) is 18.9 Å². The van der Waals surface area contributed by atoms with Crippen molar-refractivity contribution in [2.45, 2.75) is 83.7 Å². The van der Waals surface area contributed by atoms with Gasteiger partial charge >= 0.3 is 7.12 Å². The summed E-state index contributed by atoms with van der Waals surface area (Å²) in [5, 5.41) is 7.87. The van der Waals surface area contributed by atoms with Crippen LogP contribution < -0.4 is 20.8 Å². The van der Waals surface area contributed by atoms with Crippen molar-refractivity contribution >= 4 is 41.6 Å². The molecule has 1 saturated carbocycles. The number of fused-ring (bicyclic) bond motifs is 1. The van der Waals surface area contributed by atoms with Gasteiger partial charge in [-0.2, -0.15) is 0 Å². The maximum atomic E-state index is 13.6. The lowest BCUT2D eigenvalue weighted by atomic mass is 9.81. The molecule has 236 valence electrons. The van der Waals surface area contributed by atoms with Crippen molar-refractivity contribution in [1.82, 2.24) is 15.5 Å². The first-order valence-electron chi connectivity index (χ1n) is 15.4. The Balaban J connectivity index is 1.04. The second-order valence-electron chi connectivity index (χ2n) is 13.6. The van der Waals surface area contributed by atoms with Crippen LogP contribution >= 0.6 is 11.3 Å². The molecular formula is C34H40BN3O6S. The smallest absolute Gasteiger partial charge is 0.457 e. The number of ether oxygens (including phenoxy) is 1. The number of carbonyl (C=O) groups is 3. The van der Waals surface area contributed by atoms with Crippen LogP contribution in [0.25, 0.3) is 0 Å². The first-order valence-corrected chi connectivity index (χ1v) is 16.3. The van der Waals surface area contributed by atoms with Gasteiger partial charge in [-0.1, -0.05) is 25.1 Å². The van der Waals surface area contributed by atoms with E-state index < -0.39 is 24.4 Å². The molecule has 0 radical (unpaired) electrons. The molecule has 1 aliphatic carbocycles. The zero-order valence-electron chi connectivity index (χ0n) is 26.6. The molecule has 2 aromatic carbocycles. The van der Waals surface area contributed by atoms with Crippen molar-refractivity contribution in [2.75, 3.05) is 6.54 Å². The standard InChI is InChI=1S/C34H40BN3O6S/c1-21(27-16-23(20-45-27)35-43-32(2,3)33(4,5)44-35)37-31(41)26-17-34(6)18-28(34)38(26)29(39)19-36-30(40)22-12-14-25(15-13-22)42-24-10-8-7-9-11-24/h7-16,20-21,26,28H,17-19H2,1-6H3,(H,36,40)(H,37,41)/t21-,26+,28+,34-/m1/s1. The Labute approximate surface area is 268 Å². The molecule has 0 spiro atoms. The average molecular weight is 630 g/mol. The number of carbonyl (C=O) groups excluding carboxylic acids is 3. The van der Waals surface area contributed by atoms with Gasteiger partial charge in [0.2, 0.25) is 11.8 Å². The van der Waals surface area contributed by atoms with E-state index in [-0.39, 0.29) is 41.8 Å². The zero-order valence-corrected chi connectivity index (χ0v) is 27.4. The molecule has 3 fully saturated rings. The Hall–Kier alpha value is -3.67. The summed E-state index contributed by atoms with van der Waals surface area (Å²) in [6.07, 6.45) is 1.46. The molecule has 9 nitrogen and oxygen atoms in total. The highest BCUT2D eigenvalue weighted by atomic mass is 32.1. The Kier molecular flexibility index (Phi) is 8.08. The van der Waals surface area contributed by atoms with E-state index in [1.807, 2.05) is 76.4 Å². The van der Waals surface area contributed by atoms with Crippen LogP contribution in [0.1, 0.15) is 75.7 Å². The monoisotopic (exact) mass is 629 g/mol. The quantitative estimate of drug-likeness (QED) is 0.329. The average Bonchev–Trinajstić information content (AvgIpc) is 3.29. The third-order valence-corrected chi connectivity index (χ3v) is 10.8. The number of nitrogens with zero attached hydrogens (tertiary/aromatic N) is 1. The van der Waals surface area contributed by atoms with Crippen LogP contribution in [0.4, 0.5) is 0 Å². The van der Waals surface area contributed by atoms with E-state index in [0.717, 1.165) is 16.8 Å². The Morgan fingerprint density at radius 3 is 2.29 bits per heavy atom. The van der Waals surface area contributed by atoms with Crippen LogP contribution in [0, 0.1) is 5.41 Å². The van der Waals surface area contributed by atoms with Crippen molar-refractivity contribution in [3.05, 3.63) is 76.5 Å². The summed E-state index contributed by atoms with van der Waals surface area (Å²) in [6, 6.07) is 17.3. The highest BCUT2D eigenvalue weighted by molar-refractivity contribution is 7.11. The SMILES string of the molecule is C[C@@H](NC(=O)[C@@H]1C[C@]2(C)C[C@@H]2N1C(=O)CNC(=O)c1ccc(Oc2ccccc2)cc1)c1cc(B2OC(C)(C)C(C)(C)O2)cs1. The summed E-state index contributed by atoms with van der Waals surface area (Å²) in [6.45, 7) is 12.0. The number of thiophene rings is 1. The second-order valence-corrected chi connectivity index (χ2v) is 14.6. The Morgan fingerprint density at radius 1 is 0.978 bits per heavy atom. The van der Waals surface area contributed by atoms with Crippen LogP contribution in [0.2, 0.25) is 0 Å². The molecule has 3 heterocycles. The summed E-state index contributed by atoms with van der Waals surface area (Å²) in [5.41, 5.74) is 0.398. The van der Waals surface area contributed by atoms with Crippen molar-refractivity contribution < 1.29 is 28.4 Å². The minimum Gasteiger partial charge on any atom is -0.457 e. The zero-order chi connectivity index (χ0) is 32.1. The van der Waals surface area contributed by atoms with Gasteiger partial charge in [0.15, 0.2) is 0 Å². The normalized spacial score (nSPS) is 24.9. The summed E-state index contributed by atoms with van der Waals surface area (Å²) in [7, 11) is -0.464. The number of nitrogens with one attached hydrogen (secondary N) is 2. The lowest BCUT2D eigenvalue weighted by molar-refractivity contribution is -0.139. The Morgan fingerprint density at radius 2 is 1.62 bits per heavy atom. The van der Waals surface area contributed by atoms with Crippen LogP contribution in [0.3, 0.4) is 0 Å². The third-order valence-electron chi connectivity index (χ3n) is 9.67. The first kappa shape index (κ1) is 31.3. The molecule has 3 aliphatic rings. The van der Waals surface area contributed by atoms with E-state index in [9.17, 15) is 14.4 Å². The number of piperidine rings is 1. The molecule has 45 heavy (non-hydrogen) atoms. The van der Waals surface area contributed by atoms with Crippen molar-refractivity contribution in [2.24, 2.45) is 5.41 Å². The van der Waals surface area contributed by atoms with Gasteiger partial charge in [-0.05, 0) is 106 Å². The second kappa shape index (κ2) is 11.6. The minimum atomic E-state index is -0.586. The van der Waals surface area contributed by atoms with E-state index in [2.05, 4.69) is 17.6 Å². The van der Waals surface area contributed by atoms with E-state index in [1.165, 1.54) is 0 Å². The molecule has 4 atom stereocenters. The minimum absolute atomic E-state index is 0.000843. The fraction of sp³-hybridized carbons (Fsp3) is 0.441. The number of hydrogen-bond donors (Lipinski definition) is 2. The summed E-state index contributed by atoms with van der Waals surface area (Å²) in [4.78, 5) is 42.5. The molecule has 2 saturated heterocycles. The predicted molar refractivity (Wildman–Crippen MR) is 174 cm³/mol. The van der Waals surface area contributed by atoms with Gasteiger partial charge in [0.1, 0.15) is 17.5 Å². The molecular weight excluding hydrogens is 589 g/mol. The topological polar surface area (TPSA) is 106 Å². The summed E-state index contributed by atoms with van der Waals surface area (Å²) >= 11 is 1.54. The number of amides is 3. The van der Waals surface area contributed by atoms with E-state index >= 15 is 0 Å². The number of para-hydroxylation sites is 1. The molecule has 2 N–H and O–H groups in total. The number of benzene rings is 2. The molecule has 0 bridgehead atoms. The lowest BCUT2D eigenvalue weighted by Crippen LogP contribution is -2.51. The largest absolute Gasteiger partial charge is 0.495 e. The third kappa shape index (κ3) is 6.26. The fourth-order valence-corrected chi connectivity index (χ4v) is 7.01. The number of rotatable bonds is 9. The van der Waals surface area contributed by atoms with Crippen molar-refractivity contribution in [1.29, 1.82) is 0 Å². The van der Waals surface area contributed by atoms with Gasteiger partial charge in [0.05, 0.1) is 23.8 Å². The Bertz CT molecular complexity index is 1580. The van der Waals surface area contributed by atoms with Gasteiger partial charge in [-0.25, -0.2) is 0 Å². The summed E-state index contributed by atoms with van der Waals surface area (Å²) < 4.78 is 18.2. The van der Waals surface area contributed by atoms with Gasteiger partial charge in [-0.3, -0.25) is 14.4 Å². The van der Waals surface area contributed by atoms with Crippen molar-refractivity contribution in [3.63, 3.8) is 0 Å². The highest BCUT2D eigenvalue weighted by Crippen LogP contribution is 2.59. The maximum Gasteiger partial charge on any atom is 0.495 e. The highest BCUT2D eigenvalue weighted by Gasteiger charge is 2.64. The van der Waals surface area contributed by atoms with Gasteiger partial charge in [0.25, 0.3) is 5.91 Å². The fourth-order valence-electron chi connectivity index (χ4n) is 6.09. The molecule has 3 aromatic rings. The van der Waals surface area contributed by atoms with Crippen LogP contribution in [0.15, 0.2) is 66.0 Å². The molecule has 3 amide bonds. The molecule has 1 aromatic heterocycles. The molecule has 11 heteroatoms. The summed E-state index contributed by atoms with van der Waals surface area (Å²) in [5.74, 6) is 0.500.